The van der Waals surface area contributed by atoms with Gasteiger partial charge in [0.05, 0.1) is 12.1 Å². The topological polar surface area (TPSA) is 112 Å². The number of aliphatic hydroxyl groups excluding tert-OH is 1. The Morgan fingerprint density at radius 1 is 1.09 bits per heavy atom. The van der Waals surface area contributed by atoms with Crippen LogP contribution in [0.4, 0.5) is 10.1 Å². The molecule has 1 aliphatic rings. The van der Waals surface area contributed by atoms with Gasteiger partial charge in [0.25, 0.3) is 0 Å². The summed E-state index contributed by atoms with van der Waals surface area (Å²) in [6, 6.07) is 18.4. The van der Waals surface area contributed by atoms with Crippen LogP contribution in [0.5, 0.6) is 0 Å². The predicted molar refractivity (Wildman–Crippen MR) is 126 cm³/mol. The van der Waals surface area contributed by atoms with Gasteiger partial charge in [-0.15, -0.1) is 0 Å². The Morgan fingerprint density at radius 3 is 2.53 bits per heavy atom. The van der Waals surface area contributed by atoms with Gasteiger partial charge >= 0.3 is 5.97 Å². The molecule has 1 saturated carbocycles. The van der Waals surface area contributed by atoms with Crippen molar-refractivity contribution < 1.29 is 24.2 Å². The number of carbonyl (C=O) groups is 2. The van der Waals surface area contributed by atoms with Gasteiger partial charge in [-0.1, -0.05) is 41.7 Å². The molecule has 172 valence electrons. The molecular weight excluding hydrogens is 457 g/mol. The molecule has 2 aromatic heterocycles. The molecule has 1 atom stereocenters. The lowest BCUT2D eigenvalue weighted by atomic mass is 9.92. The van der Waals surface area contributed by atoms with E-state index in [0.717, 1.165) is 29.4 Å². The van der Waals surface area contributed by atoms with E-state index in [0.29, 0.717) is 10.5 Å². The first-order valence-corrected chi connectivity index (χ1v) is 11.5. The Balaban J connectivity index is 1.38. The normalized spacial score (nSPS) is 15.1. The highest BCUT2D eigenvalue weighted by Crippen LogP contribution is 2.53. The van der Waals surface area contributed by atoms with Gasteiger partial charge in [-0.25, -0.2) is 19.2 Å². The molecule has 9 heteroatoms. The molecule has 34 heavy (non-hydrogen) atoms. The maximum absolute atomic E-state index is 14.9. The summed E-state index contributed by atoms with van der Waals surface area (Å²) in [5, 5.41) is 20.8. The minimum Gasteiger partial charge on any atom is -0.479 e. The number of nitrogens with one attached hydrogen (secondary N) is 1. The number of nitrogens with zero attached hydrogens (tertiary/aromatic N) is 2. The number of aromatic nitrogens is 2. The molecule has 5 rings (SSSR count). The smallest absolute Gasteiger partial charge is 0.333 e. The first kappa shape index (κ1) is 22.1. The number of benzene rings is 2. The van der Waals surface area contributed by atoms with Crippen LogP contribution in [0.2, 0.25) is 0 Å². The fraction of sp³-hybridized carbons (Fsp3) is 0.200. The third kappa shape index (κ3) is 4.15. The van der Waals surface area contributed by atoms with Crippen LogP contribution in [0.25, 0.3) is 20.9 Å². The Morgan fingerprint density at radius 2 is 1.85 bits per heavy atom. The van der Waals surface area contributed by atoms with Gasteiger partial charge in [0.15, 0.2) is 6.10 Å². The van der Waals surface area contributed by atoms with Crippen LogP contribution in [-0.4, -0.2) is 38.2 Å². The van der Waals surface area contributed by atoms with Crippen LogP contribution in [0.1, 0.15) is 30.5 Å². The van der Waals surface area contributed by atoms with E-state index in [1.165, 1.54) is 29.0 Å². The van der Waals surface area contributed by atoms with E-state index in [4.69, 9.17) is 10.1 Å². The van der Waals surface area contributed by atoms with Crippen LogP contribution in [-0.2, 0) is 15.0 Å². The standard InChI is InChI=1S/C25H20FN3O4S/c26-17-12-15(27-21(31)13-19(30)24(32)33)6-7-16(17)22-28-18-8-9-20(29-23(18)34-22)25(10-11-25)14-4-2-1-3-5-14/h1-9,12,19,30H,10-11,13H2,(H,27,31)(H,32,33). The number of amides is 1. The Hall–Kier alpha value is -3.69. The highest BCUT2D eigenvalue weighted by molar-refractivity contribution is 7.21. The van der Waals surface area contributed by atoms with Gasteiger partial charge in [-0.3, -0.25) is 4.79 Å². The maximum Gasteiger partial charge on any atom is 0.333 e. The van der Waals surface area contributed by atoms with Gasteiger partial charge < -0.3 is 15.5 Å². The summed E-state index contributed by atoms with van der Waals surface area (Å²) < 4.78 is 14.9. The summed E-state index contributed by atoms with van der Waals surface area (Å²) in [7, 11) is 0. The highest BCUT2D eigenvalue weighted by atomic mass is 32.1. The maximum atomic E-state index is 14.9. The number of hydrogen-bond acceptors (Lipinski definition) is 6. The van der Waals surface area contributed by atoms with E-state index in [1.807, 2.05) is 30.3 Å². The third-order valence-electron chi connectivity index (χ3n) is 5.97. The average Bonchev–Trinajstić information content (AvgIpc) is 3.52. The van der Waals surface area contributed by atoms with E-state index >= 15 is 0 Å². The zero-order valence-electron chi connectivity index (χ0n) is 17.9. The first-order valence-electron chi connectivity index (χ1n) is 10.7. The van der Waals surface area contributed by atoms with Gasteiger partial charge in [-0.05, 0) is 48.7 Å². The van der Waals surface area contributed by atoms with Gasteiger partial charge in [0.2, 0.25) is 5.91 Å². The quantitative estimate of drug-likeness (QED) is 0.365. The lowest BCUT2D eigenvalue weighted by Gasteiger charge is -2.14. The SMILES string of the molecule is O=C(CC(O)C(=O)O)Nc1ccc(-c2nc3ccc(C4(c5ccccc5)CC4)nc3s2)c(F)c1. The lowest BCUT2D eigenvalue weighted by Crippen LogP contribution is -2.26. The molecule has 2 aromatic carbocycles. The van der Waals surface area contributed by atoms with Crippen molar-refractivity contribution in [1.82, 2.24) is 9.97 Å². The number of rotatable bonds is 7. The van der Waals surface area contributed by atoms with E-state index < -0.39 is 30.2 Å². The molecule has 1 aliphatic carbocycles. The number of carbonyl (C=O) groups excluding carboxylic acids is 1. The number of aliphatic hydroxyl groups is 1. The Kier molecular flexibility index (Phi) is 5.59. The summed E-state index contributed by atoms with van der Waals surface area (Å²) >= 11 is 1.30. The summed E-state index contributed by atoms with van der Waals surface area (Å²) in [6.07, 6.45) is -0.380. The van der Waals surface area contributed by atoms with Crippen LogP contribution < -0.4 is 5.32 Å². The van der Waals surface area contributed by atoms with Crippen molar-refractivity contribution in [3.8, 4) is 10.6 Å². The van der Waals surface area contributed by atoms with Gasteiger partial charge in [-0.2, -0.15) is 0 Å². The molecule has 4 aromatic rings. The monoisotopic (exact) mass is 477 g/mol. The Labute approximate surface area is 197 Å². The van der Waals surface area contributed by atoms with Gasteiger partial charge in [0, 0.05) is 16.7 Å². The lowest BCUT2D eigenvalue weighted by molar-refractivity contribution is -0.148. The zero-order valence-corrected chi connectivity index (χ0v) is 18.7. The number of aliphatic carboxylic acids is 1. The van der Waals surface area contributed by atoms with E-state index in [1.54, 1.807) is 0 Å². The number of carboxylic acid groups (broad SMARTS) is 1. The molecule has 1 fully saturated rings. The molecule has 0 saturated heterocycles. The minimum atomic E-state index is -1.82. The molecule has 2 heterocycles. The minimum absolute atomic E-state index is 0.0705. The van der Waals surface area contributed by atoms with Crippen LogP contribution in [0, 0.1) is 5.82 Å². The summed E-state index contributed by atoms with van der Waals surface area (Å²) in [5.74, 6) is -2.81. The molecule has 0 spiro atoms. The molecule has 0 bridgehead atoms. The van der Waals surface area contributed by atoms with E-state index in [2.05, 4.69) is 22.4 Å². The van der Waals surface area contributed by atoms with Crippen molar-refractivity contribution in [2.45, 2.75) is 30.8 Å². The second-order valence-corrected chi connectivity index (χ2v) is 9.27. The van der Waals surface area contributed by atoms with E-state index in [9.17, 15) is 19.1 Å². The first-order chi connectivity index (χ1) is 16.4. The van der Waals surface area contributed by atoms with Crippen LogP contribution >= 0.6 is 11.3 Å². The van der Waals surface area contributed by atoms with Crippen molar-refractivity contribution in [1.29, 1.82) is 0 Å². The second kappa shape index (κ2) is 8.58. The second-order valence-electron chi connectivity index (χ2n) is 8.29. The summed E-state index contributed by atoms with van der Waals surface area (Å²) in [5.41, 5.74) is 3.28. The molecule has 3 N–H and O–H groups in total. The number of halogens is 1. The van der Waals surface area contributed by atoms with Crippen molar-refractivity contribution >= 4 is 39.2 Å². The number of anilines is 1. The van der Waals surface area contributed by atoms with Crippen molar-refractivity contribution in [3.63, 3.8) is 0 Å². The fourth-order valence-electron chi connectivity index (χ4n) is 4.01. The number of carboxylic acids is 1. The van der Waals surface area contributed by atoms with Crippen molar-refractivity contribution in [2.24, 2.45) is 0 Å². The van der Waals surface area contributed by atoms with Gasteiger partial charge in [0.1, 0.15) is 21.2 Å². The summed E-state index contributed by atoms with van der Waals surface area (Å²) in [6.45, 7) is 0. The van der Waals surface area contributed by atoms with Crippen molar-refractivity contribution in [2.75, 3.05) is 5.32 Å². The number of hydrogen-bond donors (Lipinski definition) is 3. The molecule has 0 radical (unpaired) electrons. The van der Waals surface area contributed by atoms with Crippen LogP contribution in [0.15, 0.2) is 60.7 Å². The highest BCUT2D eigenvalue weighted by Gasteiger charge is 2.47. The van der Waals surface area contributed by atoms with E-state index in [-0.39, 0.29) is 16.7 Å². The number of thiazole rings is 1. The van der Waals surface area contributed by atoms with Crippen molar-refractivity contribution in [3.05, 3.63) is 77.7 Å². The molecule has 1 amide bonds. The Bertz CT molecular complexity index is 1400. The largest absolute Gasteiger partial charge is 0.479 e. The average molecular weight is 478 g/mol. The molecule has 1 unspecified atom stereocenters. The predicted octanol–water partition coefficient (Wildman–Crippen LogP) is 4.35. The molecule has 7 nitrogen and oxygen atoms in total. The van der Waals surface area contributed by atoms with Crippen LogP contribution in [0.3, 0.4) is 0 Å². The molecular formula is C25H20FN3O4S. The summed E-state index contributed by atoms with van der Waals surface area (Å²) in [4.78, 5) is 32.7. The number of pyridine rings is 1. The number of fused-ring (bicyclic) bond motifs is 1. The molecule has 0 aliphatic heterocycles. The zero-order chi connectivity index (χ0) is 23.9. The fourth-order valence-corrected chi connectivity index (χ4v) is 4.98. The third-order valence-corrected chi connectivity index (χ3v) is 6.97.